The Morgan fingerprint density at radius 1 is 1.27 bits per heavy atom. The van der Waals surface area contributed by atoms with E-state index in [0.29, 0.717) is 29.6 Å². The molecule has 8 heteroatoms. The molecule has 7 nitrogen and oxygen atoms in total. The lowest BCUT2D eigenvalue weighted by Gasteiger charge is -2.08. The Morgan fingerprint density at radius 3 is 2.81 bits per heavy atom. The first-order chi connectivity index (χ1) is 12.5. The first-order valence-corrected chi connectivity index (χ1v) is 8.60. The summed E-state index contributed by atoms with van der Waals surface area (Å²) >= 11 is 5.99. The lowest BCUT2D eigenvalue weighted by molar-refractivity contribution is 0.0960. The minimum Gasteiger partial charge on any atom is -0.383 e. The van der Waals surface area contributed by atoms with Crippen molar-refractivity contribution in [2.75, 3.05) is 13.7 Å². The second-order valence-electron chi connectivity index (χ2n) is 6.01. The summed E-state index contributed by atoms with van der Waals surface area (Å²) in [6.07, 6.45) is 0. The molecule has 0 saturated carbocycles. The Labute approximate surface area is 156 Å². The highest BCUT2D eigenvalue weighted by molar-refractivity contribution is 6.30. The van der Waals surface area contributed by atoms with Crippen molar-refractivity contribution in [3.05, 3.63) is 52.3 Å². The van der Waals surface area contributed by atoms with Crippen molar-refractivity contribution < 1.29 is 9.53 Å². The number of carbonyl (C=O) groups excluding carboxylic acids is 1. The van der Waals surface area contributed by atoms with E-state index in [-0.39, 0.29) is 12.3 Å². The fraction of sp³-hybridized carbons (Fsp3) is 0.333. The predicted molar refractivity (Wildman–Crippen MR) is 98.4 cm³/mol. The van der Waals surface area contributed by atoms with Gasteiger partial charge in [-0.2, -0.15) is 4.80 Å². The summed E-state index contributed by atoms with van der Waals surface area (Å²) in [5, 5.41) is 12.9. The molecule has 0 fully saturated rings. The van der Waals surface area contributed by atoms with Gasteiger partial charge in [-0.05, 0) is 37.3 Å². The number of methoxy groups -OCH3 is 1. The van der Waals surface area contributed by atoms with Crippen LogP contribution in [0.2, 0.25) is 5.02 Å². The number of aryl methyl sites for hydroxylation is 1. The van der Waals surface area contributed by atoms with E-state index in [9.17, 15) is 4.79 Å². The largest absolute Gasteiger partial charge is 0.383 e. The third kappa shape index (κ3) is 3.84. The molecule has 2 aromatic heterocycles. The highest BCUT2D eigenvalue weighted by Gasteiger charge is 2.17. The van der Waals surface area contributed by atoms with Crippen molar-refractivity contribution in [1.82, 2.24) is 24.8 Å². The summed E-state index contributed by atoms with van der Waals surface area (Å²) in [5.41, 5.74) is 3.36. The van der Waals surface area contributed by atoms with E-state index in [1.54, 1.807) is 19.2 Å². The topological polar surface area (TPSA) is 74.8 Å². The van der Waals surface area contributed by atoms with Gasteiger partial charge in [0.1, 0.15) is 6.54 Å². The molecule has 136 valence electrons. The maximum absolute atomic E-state index is 12.7. The van der Waals surface area contributed by atoms with E-state index in [1.165, 1.54) is 4.80 Å². The summed E-state index contributed by atoms with van der Waals surface area (Å²) in [7, 11) is 1.66. The molecular formula is C18H20ClN5O2. The lowest BCUT2D eigenvalue weighted by Crippen LogP contribution is -2.14. The summed E-state index contributed by atoms with van der Waals surface area (Å²) in [6, 6.07) is 9.09. The van der Waals surface area contributed by atoms with E-state index in [1.807, 2.05) is 32.0 Å². The number of ketones is 1. The number of halogens is 1. The molecule has 0 radical (unpaired) electrons. The molecule has 0 amide bonds. The maximum atomic E-state index is 12.7. The zero-order chi connectivity index (χ0) is 18.7. The van der Waals surface area contributed by atoms with E-state index in [4.69, 9.17) is 16.3 Å². The molecule has 26 heavy (non-hydrogen) atoms. The Bertz CT molecular complexity index is 932. The molecule has 0 aliphatic heterocycles. The van der Waals surface area contributed by atoms with Gasteiger partial charge < -0.3 is 9.30 Å². The molecule has 2 heterocycles. The molecule has 0 aliphatic carbocycles. The van der Waals surface area contributed by atoms with Gasteiger partial charge in [0.2, 0.25) is 5.82 Å². The second kappa shape index (κ2) is 7.80. The van der Waals surface area contributed by atoms with Gasteiger partial charge in [0, 0.05) is 41.2 Å². The van der Waals surface area contributed by atoms with Gasteiger partial charge in [-0.25, -0.2) is 0 Å². The lowest BCUT2D eigenvalue weighted by atomic mass is 10.1. The van der Waals surface area contributed by atoms with Gasteiger partial charge in [-0.15, -0.1) is 10.2 Å². The van der Waals surface area contributed by atoms with Gasteiger partial charge in [0.25, 0.3) is 0 Å². The Kier molecular flexibility index (Phi) is 5.49. The van der Waals surface area contributed by atoms with Crippen LogP contribution < -0.4 is 0 Å². The van der Waals surface area contributed by atoms with Crippen molar-refractivity contribution in [1.29, 1.82) is 0 Å². The van der Waals surface area contributed by atoms with E-state index in [0.717, 1.165) is 17.0 Å². The van der Waals surface area contributed by atoms with Crippen molar-refractivity contribution >= 4 is 17.4 Å². The van der Waals surface area contributed by atoms with Crippen LogP contribution in [0.25, 0.3) is 11.4 Å². The number of nitrogens with zero attached hydrogens (tertiary/aromatic N) is 5. The van der Waals surface area contributed by atoms with Gasteiger partial charge in [-0.1, -0.05) is 23.7 Å². The number of hydrogen-bond donors (Lipinski definition) is 0. The first-order valence-electron chi connectivity index (χ1n) is 8.22. The third-order valence-corrected chi connectivity index (χ3v) is 4.45. The number of rotatable bonds is 7. The molecule has 3 rings (SSSR count). The van der Waals surface area contributed by atoms with Gasteiger partial charge in [0.15, 0.2) is 5.78 Å². The van der Waals surface area contributed by atoms with E-state index >= 15 is 0 Å². The number of ether oxygens (including phenoxy) is 1. The summed E-state index contributed by atoms with van der Waals surface area (Å²) in [6.45, 7) is 5.24. The minimum atomic E-state index is -0.0585. The van der Waals surface area contributed by atoms with Crippen molar-refractivity contribution in [2.45, 2.75) is 26.9 Å². The highest BCUT2D eigenvalue weighted by atomic mass is 35.5. The zero-order valence-electron chi connectivity index (χ0n) is 14.9. The average molecular weight is 374 g/mol. The van der Waals surface area contributed by atoms with Crippen LogP contribution in [0.5, 0.6) is 0 Å². The second-order valence-corrected chi connectivity index (χ2v) is 6.44. The van der Waals surface area contributed by atoms with Crippen molar-refractivity contribution in [3.63, 3.8) is 0 Å². The Morgan fingerprint density at radius 2 is 2.08 bits per heavy atom. The van der Waals surface area contributed by atoms with Crippen LogP contribution in [0.1, 0.15) is 21.7 Å². The first kappa shape index (κ1) is 18.3. The summed E-state index contributed by atoms with van der Waals surface area (Å²) in [5.74, 6) is 0.377. The minimum absolute atomic E-state index is 0.0299. The Hall–Kier alpha value is -2.51. The zero-order valence-corrected chi connectivity index (χ0v) is 15.7. The van der Waals surface area contributed by atoms with Crippen LogP contribution in [0.15, 0.2) is 30.3 Å². The normalized spacial score (nSPS) is 11.1. The number of hydrogen-bond acceptors (Lipinski definition) is 5. The maximum Gasteiger partial charge on any atom is 0.204 e. The standard InChI is InChI=1S/C18H20ClN5O2/c1-12-9-16(13(2)23(12)7-8-26-3)17(25)11-24-21-18(20-22-24)14-5-4-6-15(19)10-14/h4-6,9-10H,7-8,11H2,1-3H3. The van der Waals surface area contributed by atoms with Crippen LogP contribution in [0, 0.1) is 13.8 Å². The van der Waals surface area contributed by atoms with Crippen molar-refractivity contribution in [3.8, 4) is 11.4 Å². The molecule has 0 unspecified atom stereocenters. The fourth-order valence-corrected chi connectivity index (χ4v) is 3.07. The molecule has 0 N–H and O–H groups in total. The number of benzene rings is 1. The smallest absolute Gasteiger partial charge is 0.204 e. The van der Waals surface area contributed by atoms with Crippen LogP contribution in [0.4, 0.5) is 0 Å². The summed E-state index contributed by atoms with van der Waals surface area (Å²) in [4.78, 5) is 14.0. The monoisotopic (exact) mass is 373 g/mol. The molecule has 3 aromatic rings. The molecular weight excluding hydrogens is 354 g/mol. The average Bonchev–Trinajstić information content (AvgIpc) is 3.18. The number of Topliss-reactive ketones (excluding diaryl/α,β-unsaturated/α-hetero) is 1. The molecule has 0 spiro atoms. The molecule has 1 aromatic carbocycles. The quantitative estimate of drug-likeness (QED) is 0.595. The Balaban J connectivity index is 1.77. The van der Waals surface area contributed by atoms with Crippen LogP contribution in [-0.4, -0.2) is 44.3 Å². The van der Waals surface area contributed by atoms with Crippen molar-refractivity contribution in [2.24, 2.45) is 0 Å². The SMILES string of the molecule is COCCn1c(C)cc(C(=O)Cn2nnc(-c3cccc(Cl)c3)n2)c1C. The van der Waals surface area contributed by atoms with Gasteiger partial charge in [0.05, 0.1) is 6.61 Å². The fourth-order valence-electron chi connectivity index (χ4n) is 2.88. The third-order valence-electron chi connectivity index (χ3n) is 4.21. The van der Waals surface area contributed by atoms with E-state index < -0.39 is 0 Å². The number of tetrazole rings is 1. The molecule has 0 aliphatic rings. The van der Waals surface area contributed by atoms with Gasteiger partial charge >= 0.3 is 0 Å². The van der Waals surface area contributed by atoms with E-state index in [2.05, 4.69) is 20.0 Å². The number of aromatic nitrogens is 5. The molecule has 0 bridgehead atoms. The number of carbonyl (C=O) groups is 1. The van der Waals surface area contributed by atoms with Crippen LogP contribution >= 0.6 is 11.6 Å². The molecule has 0 atom stereocenters. The van der Waals surface area contributed by atoms with Gasteiger partial charge in [-0.3, -0.25) is 4.79 Å². The summed E-state index contributed by atoms with van der Waals surface area (Å²) < 4.78 is 7.20. The predicted octanol–water partition coefficient (Wildman–Crippen LogP) is 2.94. The van der Waals surface area contributed by atoms with Crippen LogP contribution in [0.3, 0.4) is 0 Å². The highest BCUT2D eigenvalue weighted by Crippen LogP contribution is 2.19. The molecule has 0 saturated heterocycles. The van der Waals surface area contributed by atoms with Crippen LogP contribution in [-0.2, 0) is 17.8 Å².